The third-order valence-corrected chi connectivity index (χ3v) is 5.18. The highest BCUT2D eigenvalue weighted by atomic mass is 35.5. The Labute approximate surface area is 124 Å². The molecule has 1 amide bonds. The number of carbonyl (C=O) groups excluding carboxylic acids is 1. The fourth-order valence-corrected chi connectivity index (χ4v) is 4.00. The number of nitrogens with zero attached hydrogens (tertiary/aromatic N) is 1. The number of carbonyl (C=O) groups is 1. The average molecular weight is 301 g/mol. The van der Waals surface area contributed by atoms with Gasteiger partial charge in [-0.05, 0) is 37.3 Å². The number of rotatable bonds is 2. The topological polar surface area (TPSA) is 32.3 Å². The predicted molar refractivity (Wildman–Crippen MR) is 81.2 cm³/mol. The molecular formula is C14H21ClN2OS. The summed E-state index contributed by atoms with van der Waals surface area (Å²) in [6, 6.07) is 2.59. The van der Waals surface area contributed by atoms with Crippen LogP contribution in [0.1, 0.15) is 29.7 Å². The van der Waals surface area contributed by atoms with E-state index in [1.807, 2.05) is 0 Å². The molecule has 3 atom stereocenters. The molecule has 5 heteroatoms. The molecule has 2 aliphatic rings. The number of hydrogen-bond acceptors (Lipinski definition) is 3. The number of hydrogen-bond donors (Lipinski definition) is 1. The van der Waals surface area contributed by atoms with Gasteiger partial charge >= 0.3 is 0 Å². The summed E-state index contributed by atoms with van der Waals surface area (Å²) in [7, 11) is 0. The summed E-state index contributed by atoms with van der Waals surface area (Å²) in [6.45, 7) is 6.97. The van der Waals surface area contributed by atoms with E-state index in [1.54, 1.807) is 11.3 Å². The van der Waals surface area contributed by atoms with Crippen LogP contribution in [-0.2, 0) is 4.79 Å². The molecular weight excluding hydrogens is 280 g/mol. The maximum absolute atomic E-state index is 12.4. The van der Waals surface area contributed by atoms with Gasteiger partial charge in [0.05, 0.1) is 0 Å². The minimum Gasteiger partial charge on any atom is -0.340 e. The highest BCUT2D eigenvalue weighted by molar-refractivity contribution is 7.10. The third kappa shape index (κ3) is 2.96. The standard InChI is InChI=1S/C14H20N2OS.ClH/c1-9-3-6-18-13(9)11-7-12(11)14(17)16-5-4-15-10(2)8-16;/h3,6,10-12,15H,4-5,7-8H2,1-2H3;1H/t10-,11?,12?;/m1./s1. The van der Waals surface area contributed by atoms with E-state index in [-0.39, 0.29) is 18.3 Å². The largest absolute Gasteiger partial charge is 0.340 e. The molecule has 1 aliphatic carbocycles. The predicted octanol–water partition coefficient (Wildman–Crippen LogP) is 2.40. The number of nitrogens with one attached hydrogen (secondary N) is 1. The molecule has 0 spiro atoms. The quantitative estimate of drug-likeness (QED) is 0.910. The van der Waals surface area contributed by atoms with Gasteiger partial charge in [0.1, 0.15) is 0 Å². The van der Waals surface area contributed by atoms with E-state index in [4.69, 9.17) is 0 Å². The molecule has 1 aliphatic heterocycles. The summed E-state index contributed by atoms with van der Waals surface area (Å²) >= 11 is 1.81. The van der Waals surface area contributed by atoms with Gasteiger partial charge in [-0.3, -0.25) is 4.79 Å². The first-order valence-corrected chi connectivity index (χ1v) is 7.61. The molecule has 3 rings (SSSR count). The summed E-state index contributed by atoms with van der Waals surface area (Å²) in [4.78, 5) is 15.9. The van der Waals surface area contributed by atoms with Crippen molar-refractivity contribution in [1.82, 2.24) is 10.2 Å². The van der Waals surface area contributed by atoms with Crippen LogP contribution in [0.15, 0.2) is 11.4 Å². The lowest BCUT2D eigenvalue weighted by atomic mass is 10.1. The Bertz CT molecular complexity index is 462. The summed E-state index contributed by atoms with van der Waals surface area (Å²) in [6.07, 6.45) is 1.05. The number of piperazine rings is 1. The lowest BCUT2D eigenvalue weighted by molar-refractivity contribution is -0.133. The highest BCUT2D eigenvalue weighted by Gasteiger charge is 2.47. The Hall–Kier alpha value is -0.580. The van der Waals surface area contributed by atoms with Crippen LogP contribution in [0.3, 0.4) is 0 Å². The molecule has 106 valence electrons. The Morgan fingerprint density at radius 1 is 1.53 bits per heavy atom. The van der Waals surface area contributed by atoms with Crippen molar-refractivity contribution in [1.29, 1.82) is 0 Å². The molecule has 2 fully saturated rings. The van der Waals surface area contributed by atoms with Gasteiger partial charge < -0.3 is 10.2 Å². The monoisotopic (exact) mass is 300 g/mol. The Morgan fingerprint density at radius 3 is 2.95 bits per heavy atom. The maximum atomic E-state index is 12.4. The zero-order valence-corrected chi connectivity index (χ0v) is 13.0. The average Bonchev–Trinajstić information content (AvgIpc) is 3.04. The van der Waals surface area contributed by atoms with Gasteiger partial charge in [-0.15, -0.1) is 23.7 Å². The van der Waals surface area contributed by atoms with Crippen LogP contribution < -0.4 is 5.32 Å². The van der Waals surface area contributed by atoms with Crippen molar-refractivity contribution < 1.29 is 4.79 Å². The first-order chi connectivity index (χ1) is 8.66. The van der Waals surface area contributed by atoms with Gasteiger partial charge in [-0.1, -0.05) is 0 Å². The van der Waals surface area contributed by atoms with Crippen LogP contribution in [0.25, 0.3) is 0 Å². The van der Waals surface area contributed by atoms with Gasteiger partial charge in [0.25, 0.3) is 0 Å². The van der Waals surface area contributed by atoms with Gasteiger partial charge in [0.15, 0.2) is 0 Å². The number of amides is 1. The van der Waals surface area contributed by atoms with Crippen molar-refractivity contribution in [3.8, 4) is 0 Å². The zero-order valence-electron chi connectivity index (χ0n) is 11.4. The van der Waals surface area contributed by atoms with E-state index in [9.17, 15) is 4.79 Å². The van der Waals surface area contributed by atoms with E-state index in [1.165, 1.54) is 10.4 Å². The molecule has 0 bridgehead atoms. The molecule has 3 nitrogen and oxygen atoms in total. The van der Waals surface area contributed by atoms with Crippen LogP contribution in [0.4, 0.5) is 0 Å². The van der Waals surface area contributed by atoms with Crippen LogP contribution in [0, 0.1) is 12.8 Å². The molecule has 0 radical (unpaired) electrons. The van der Waals surface area contributed by atoms with E-state index >= 15 is 0 Å². The van der Waals surface area contributed by atoms with Gasteiger partial charge in [0, 0.05) is 42.4 Å². The van der Waals surface area contributed by atoms with E-state index in [0.717, 1.165) is 26.1 Å². The highest BCUT2D eigenvalue weighted by Crippen LogP contribution is 2.51. The van der Waals surface area contributed by atoms with Gasteiger partial charge in [0.2, 0.25) is 5.91 Å². The molecule has 1 saturated carbocycles. The summed E-state index contributed by atoms with van der Waals surface area (Å²) in [5.74, 6) is 1.14. The van der Waals surface area contributed by atoms with Crippen LogP contribution in [-0.4, -0.2) is 36.5 Å². The summed E-state index contributed by atoms with van der Waals surface area (Å²) < 4.78 is 0. The van der Waals surface area contributed by atoms with Crippen LogP contribution >= 0.6 is 23.7 Å². The lowest BCUT2D eigenvalue weighted by Gasteiger charge is -2.32. The van der Waals surface area contributed by atoms with E-state index in [0.29, 0.717) is 17.9 Å². The lowest BCUT2D eigenvalue weighted by Crippen LogP contribution is -2.51. The van der Waals surface area contributed by atoms with E-state index < -0.39 is 0 Å². The van der Waals surface area contributed by atoms with Gasteiger partial charge in [-0.2, -0.15) is 0 Å². The maximum Gasteiger partial charge on any atom is 0.226 e. The van der Waals surface area contributed by atoms with Crippen molar-refractivity contribution in [2.24, 2.45) is 5.92 Å². The van der Waals surface area contributed by atoms with Crippen LogP contribution in [0.2, 0.25) is 0 Å². The van der Waals surface area contributed by atoms with Crippen molar-refractivity contribution >= 4 is 29.7 Å². The van der Waals surface area contributed by atoms with Crippen molar-refractivity contribution in [3.63, 3.8) is 0 Å². The fraction of sp³-hybridized carbons (Fsp3) is 0.643. The SMILES string of the molecule is Cc1ccsc1C1CC1C(=O)N1CCN[C@H](C)C1.Cl. The minimum absolute atomic E-state index is 0. The first kappa shape index (κ1) is 14.8. The third-order valence-electron chi connectivity index (χ3n) is 4.03. The smallest absolute Gasteiger partial charge is 0.226 e. The Kier molecular flexibility index (Phi) is 4.54. The fourth-order valence-electron chi connectivity index (χ4n) is 2.89. The summed E-state index contributed by atoms with van der Waals surface area (Å²) in [5, 5.41) is 5.52. The zero-order chi connectivity index (χ0) is 12.7. The second kappa shape index (κ2) is 5.81. The number of halogens is 1. The van der Waals surface area contributed by atoms with Crippen molar-refractivity contribution in [2.45, 2.75) is 32.2 Å². The second-order valence-electron chi connectivity index (χ2n) is 5.56. The molecule has 1 aromatic rings. The second-order valence-corrected chi connectivity index (χ2v) is 6.50. The van der Waals surface area contributed by atoms with E-state index in [2.05, 4.69) is 35.5 Å². The van der Waals surface area contributed by atoms with Crippen LogP contribution in [0.5, 0.6) is 0 Å². The summed E-state index contributed by atoms with van der Waals surface area (Å²) in [5.41, 5.74) is 1.36. The molecule has 1 N–H and O–H groups in total. The normalized spacial score (nSPS) is 29.8. The minimum atomic E-state index is 0. The first-order valence-electron chi connectivity index (χ1n) is 6.73. The Morgan fingerprint density at radius 2 is 2.32 bits per heavy atom. The molecule has 1 saturated heterocycles. The number of thiophene rings is 1. The molecule has 2 unspecified atom stereocenters. The number of aryl methyl sites for hydroxylation is 1. The Balaban J connectivity index is 0.00000133. The van der Waals surface area contributed by atoms with Crippen molar-refractivity contribution in [2.75, 3.05) is 19.6 Å². The van der Waals surface area contributed by atoms with Crippen molar-refractivity contribution in [3.05, 3.63) is 21.9 Å². The molecule has 0 aromatic carbocycles. The molecule has 1 aromatic heterocycles. The molecule has 19 heavy (non-hydrogen) atoms. The van der Waals surface area contributed by atoms with Gasteiger partial charge in [-0.25, -0.2) is 0 Å². The molecule has 2 heterocycles.